The van der Waals surface area contributed by atoms with E-state index in [2.05, 4.69) is 15.3 Å². The van der Waals surface area contributed by atoms with E-state index in [1.54, 1.807) is 30.7 Å². The molecule has 1 heterocycles. The number of nitrogens with one attached hydrogen (secondary N) is 2. The summed E-state index contributed by atoms with van der Waals surface area (Å²) in [5.41, 5.74) is 2.87. The van der Waals surface area contributed by atoms with Crippen LogP contribution in [0.1, 0.15) is 17.3 Å². The van der Waals surface area contributed by atoms with Gasteiger partial charge in [0.05, 0.1) is 29.3 Å². The zero-order valence-corrected chi connectivity index (χ0v) is 11.9. The molecule has 0 aliphatic carbocycles. The predicted molar refractivity (Wildman–Crippen MR) is 83.6 cm³/mol. The molecule has 4 nitrogen and oxygen atoms in total. The summed E-state index contributed by atoms with van der Waals surface area (Å²) in [6.07, 6.45) is 3.43. The van der Waals surface area contributed by atoms with E-state index < -0.39 is 0 Å². The third-order valence-corrected chi connectivity index (χ3v) is 3.52. The van der Waals surface area contributed by atoms with Crippen LogP contribution in [0.2, 0.25) is 5.02 Å². The van der Waals surface area contributed by atoms with Gasteiger partial charge >= 0.3 is 0 Å². The van der Waals surface area contributed by atoms with Crippen LogP contribution >= 0.6 is 11.6 Å². The molecular formula is C16H14ClN3O. The maximum Gasteiger partial charge on any atom is 0.134 e. The van der Waals surface area contributed by atoms with Gasteiger partial charge in [0.25, 0.3) is 0 Å². The van der Waals surface area contributed by atoms with Crippen molar-refractivity contribution in [3.63, 3.8) is 0 Å². The molecule has 106 valence electrons. The van der Waals surface area contributed by atoms with E-state index >= 15 is 0 Å². The van der Waals surface area contributed by atoms with Crippen molar-refractivity contribution in [3.8, 4) is 5.75 Å². The molecule has 3 aromatic rings. The van der Waals surface area contributed by atoms with Gasteiger partial charge in [0, 0.05) is 5.69 Å². The molecule has 2 aromatic carbocycles. The smallest absolute Gasteiger partial charge is 0.134 e. The van der Waals surface area contributed by atoms with Gasteiger partial charge in [-0.1, -0.05) is 41.9 Å². The first-order valence-electron chi connectivity index (χ1n) is 6.52. The van der Waals surface area contributed by atoms with Crippen molar-refractivity contribution < 1.29 is 5.11 Å². The van der Waals surface area contributed by atoms with Gasteiger partial charge in [-0.25, -0.2) is 4.98 Å². The van der Waals surface area contributed by atoms with Crippen LogP contribution < -0.4 is 5.32 Å². The van der Waals surface area contributed by atoms with Crippen LogP contribution in [0, 0.1) is 0 Å². The Kier molecular flexibility index (Phi) is 3.79. The Hall–Kier alpha value is -2.46. The lowest BCUT2D eigenvalue weighted by molar-refractivity contribution is 0.475. The summed E-state index contributed by atoms with van der Waals surface area (Å²) < 4.78 is 0. The van der Waals surface area contributed by atoms with Crippen molar-refractivity contribution in [1.82, 2.24) is 9.97 Å². The Morgan fingerprint density at radius 3 is 2.62 bits per heavy atom. The maximum atomic E-state index is 9.50. The highest BCUT2D eigenvalue weighted by atomic mass is 35.5. The number of benzene rings is 2. The minimum atomic E-state index is -0.0747. The zero-order chi connectivity index (χ0) is 14.7. The van der Waals surface area contributed by atoms with Crippen LogP contribution in [0.4, 0.5) is 5.69 Å². The van der Waals surface area contributed by atoms with E-state index in [1.165, 1.54) is 0 Å². The highest BCUT2D eigenvalue weighted by molar-refractivity contribution is 6.32. The molecule has 0 saturated carbocycles. The number of nitrogens with zero attached hydrogens (tertiary/aromatic N) is 1. The third kappa shape index (κ3) is 3.01. The summed E-state index contributed by atoms with van der Waals surface area (Å²) in [6.45, 7) is 0. The van der Waals surface area contributed by atoms with Crippen molar-refractivity contribution >= 4 is 17.3 Å². The molecule has 1 atom stereocenters. The minimum absolute atomic E-state index is 0.0695. The molecule has 1 unspecified atom stereocenters. The Morgan fingerprint density at radius 1 is 1.14 bits per heavy atom. The first-order chi connectivity index (χ1) is 10.2. The number of anilines is 1. The molecule has 3 N–H and O–H groups in total. The Balaban J connectivity index is 1.95. The van der Waals surface area contributed by atoms with Gasteiger partial charge in [-0.3, -0.25) is 0 Å². The molecule has 0 bridgehead atoms. The van der Waals surface area contributed by atoms with E-state index in [-0.39, 0.29) is 11.8 Å². The van der Waals surface area contributed by atoms with Crippen molar-refractivity contribution in [2.24, 2.45) is 0 Å². The van der Waals surface area contributed by atoms with E-state index in [0.29, 0.717) is 5.02 Å². The maximum absolute atomic E-state index is 9.50. The second-order valence-electron chi connectivity index (χ2n) is 4.66. The summed E-state index contributed by atoms with van der Waals surface area (Å²) >= 11 is 5.96. The number of rotatable bonds is 4. The van der Waals surface area contributed by atoms with Gasteiger partial charge in [0.1, 0.15) is 5.75 Å². The molecule has 0 spiro atoms. The highest BCUT2D eigenvalue weighted by Gasteiger charge is 2.15. The van der Waals surface area contributed by atoms with Gasteiger partial charge in [-0.2, -0.15) is 0 Å². The number of imidazole rings is 1. The lowest BCUT2D eigenvalue weighted by Crippen LogP contribution is -2.12. The van der Waals surface area contributed by atoms with Gasteiger partial charge < -0.3 is 15.4 Å². The average molecular weight is 300 g/mol. The van der Waals surface area contributed by atoms with Crippen molar-refractivity contribution in [1.29, 1.82) is 0 Å². The molecule has 5 heteroatoms. The first kappa shape index (κ1) is 13.5. The van der Waals surface area contributed by atoms with Gasteiger partial charge in [-0.05, 0) is 23.8 Å². The Morgan fingerprint density at radius 2 is 1.95 bits per heavy atom. The number of hydrogen-bond acceptors (Lipinski definition) is 3. The second-order valence-corrected chi connectivity index (χ2v) is 5.07. The molecule has 0 aliphatic heterocycles. The van der Waals surface area contributed by atoms with Crippen molar-refractivity contribution in [2.45, 2.75) is 6.04 Å². The van der Waals surface area contributed by atoms with Crippen LogP contribution in [0.25, 0.3) is 0 Å². The summed E-state index contributed by atoms with van der Waals surface area (Å²) in [4.78, 5) is 7.21. The largest absolute Gasteiger partial charge is 0.506 e. The monoisotopic (exact) mass is 299 g/mol. The van der Waals surface area contributed by atoms with Crippen LogP contribution in [-0.4, -0.2) is 15.1 Å². The van der Waals surface area contributed by atoms with Crippen LogP contribution in [0.15, 0.2) is 61.1 Å². The van der Waals surface area contributed by atoms with Gasteiger partial charge in [0.15, 0.2) is 0 Å². The lowest BCUT2D eigenvalue weighted by Gasteiger charge is -2.19. The standard InChI is InChI=1S/C16H14ClN3O/c17-13-8-12(6-7-15(13)21)20-16(14-9-18-10-19-14)11-4-2-1-3-5-11/h1-10,16,20-21H,(H,18,19). The number of phenolic OH excluding ortho intramolecular Hbond substituents is 1. The third-order valence-electron chi connectivity index (χ3n) is 3.22. The number of aromatic hydroxyl groups is 1. The van der Waals surface area contributed by atoms with E-state index in [0.717, 1.165) is 16.9 Å². The Labute approximate surface area is 127 Å². The molecule has 21 heavy (non-hydrogen) atoms. The highest BCUT2D eigenvalue weighted by Crippen LogP contribution is 2.30. The van der Waals surface area contributed by atoms with E-state index in [4.69, 9.17) is 11.6 Å². The average Bonchev–Trinajstić information content (AvgIpc) is 3.03. The summed E-state index contributed by atoms with van der Waals surface area (Å²) in [7, 11) is 0. The number of hydrogen-bond donors (Lipinski definition) is 3. The fourth-order valence-corrected chi connectivity index (χ4v) is 2.35. The van der Waals surface area contributed by atoms with Gasteiger partial charge in [-0.15, -0.1) is 0 Å². The van der Waals surface area contributed by atoms with Crippen molar-refractivity contribution in [3.05, 3.63) is 77.3 Å². The molecule has 3 rings (SSSR count). The van der Waals surface area contributed by atoms with Gasteiger partial charge in [0.2, 0.25) is 0 Å². The molecule has 0 amide bonds. The summed E-state index contributed by atoms with van der Waals surface area (Å²) in [5, 5.41) is 13.2. The Bertz CT molecular complexity index is 714. The normalized spacial score (nSPS) is 12.0. The predicted octanol–water partition coefficient (Wildman–Crippen LogP) is 3.97. The quantitative estimate of drug-likeness (QED) is 0.639. The van der Waals surface area contributed by atoms with Crippen LogP contribution in [0.5, 0.6) is 5.75 Å². The molecular weight excluding hydrogens is 286 g/mol. The number of H-pyrrole nitrogens is 1. The van der Waals surface area contributed by atoms with Crippen LogP contribution in [-0.2, 0) is 0 Å². The molecule has 0 fully saturated rings. The van der Waals surface area contributed by atoms with Crippen molar-refractivity contribution in [2.75, 3.05) is 5.32 Å². The first-order valence-corrected chi connectivity index (χ1v) is 6.90. The van der Waals surface area contributed by atoms with E-state index in [9.17, 15) is 5.11 Å². The fraction of sp³-hybridized carbons (Fsp3) is 0.0625. The number of halogens is 1. The second kappa shape index (κ2) is 5.89. The molecule has 0 saturated heterocycles. The number of aromatic amines is 1. The molecule has 0 radical (unpaired) electrons. The minimum Gasteiger partial charge on any atom is -0.506 e. The summed E-state index contributed by atoms with van der Waals surface area (Å²) in [5.74, 6) is 0.0695. The van der Waals surface area contributed by atoms with Crippen LogP contribution in [0.3, 0.4) is 0 Å². The van der Waals surface area contributed by atoms with E-state index in [1.807, 2.05) is 30.3 Å². The zero-order valence-electron chi connectivity index (χ0n) is 11.1. The molecule has 0 aliphatic rings. The lowest BCUT2D eigenvalue weighted by atomic mass is 10.0. The topological polar surface area (TPSA) is 60.9 Å². The fourth-order valence-electron chi connectivity index (χ4n) is 2.17. The molecule has 1 aromatic heterocycles. The number of aromatic nitrogens is 2. The summed E-state index contributed by atoms with van der Waals surface area (Å²) in [6, 6.07) is 15.0. The SMILES string of the molecule is Oc1ccc(NC(c2ccccc2)c2cnc[nH]2)cc1Cl. The number of phenols is 1.